The van der Waals surface area contributed by atoms with Crippen molar-refractivity contribution in [1.29, 1.82) is 0 Å². The summed E-state index contributed by atoms with van der Waals surface area (Å²) >= 11 is 0. The molecule has 0 aromatic heterocycles. The number of hydrogen-bond acceptors (Lipinski definition) is 4. The molecule has 0 aliphatic carbocycles. The molecule has 3 rings (SSSR count). The molecule has 0 spiro atoms. The highest BCUT2D eigenvalue weighted by atomic mass is 32.2. The third-order valence-corrected chi connectivity index (χ3v) is 3.59. The van der Waals surface area contributed by atoms with Gasteiger partial charge in [-0.05, 0) is 35.4 Å². The van der Waals surface area contributed by atoms with Crippen LogP contribution in [0.15, 0.2) is 36.4 Å². The highest BCUT2D eigenvalue weighted by molar-refractivity contribution is 7.92. The van der Waals surface area contributed by atoms with E-state index in [1.54, 1.807) is 0 Å². The summed E-state index contributed by atoms with van der Waals surface area (Å²) in [5.74, 6) is -1.07. The van der Waals surface area contributed by atoms with E-state index in [2.05, 4.69) is 9.47 Å². The number of hydrogen-bond donors (Lipinski definition) is 1. The number of fused-ring (bicyclic) bond motifs is 1. The van der Waals surface area contributed by atoms with Gasteiger partial charge in [0.25, 0.3) is 0 Å². The molecule has 2 aromatic rings. The van der Waals surface area contributed by atoms with Crippen LogP contribution in [0.2, 0.25) is 0 Å². The van der Waals surface area contributed by atoms with Crippen LogP contribution in [0.3, 0.4) is 0 Å². The first-order valence-electron chi connectivity index (χ1n) is 6.31. The molecule has 0 saturated heterocycles. The molecule has 0 saturated carbocycles. The fraction of sp³-hybridized carbons (Fsp3) is 0.143. The zero-order chi connectivity index (χ0) is 16.8. The van der Waals surface area contributed by atoms with Crippen LogP contribution >= 0.6 is 0 Å². The second-order valence-electron chi connectivity index (χ2n) is 4.90. The van der Waals surface area contributed by atoms with Gasteiger partial charge >= 0.3 is 6.29 Å². The molecule has 0 amide bonds. The van der Waals surface area contributed by atoms with Gasteiger partial charge in [-0.25, -0.2) is 12.8 Å². The van der Waals surface area contributed by atoms with E-state index >= 15 is 0 Å². The fourth-order valence-electron chi connectivity index (χ4n) is 2.11. The van der Waals surface area contributed by atoms with Gasteiger partial charge in [-0.2, -0.15) is 0 Å². The Bertz CT molecular complexity index is 884. The number of benzene rings is 2. The van der Waals surface area contributed by atoms with E-state index in [4.69, 9.17) is 0 Å². The van der Waals surface area contributed by atoms with Gasteiger partial charge in [-0.3, -0.25) is 4.72 Å². The molecule has 0 atom stereocenters. The Labute approximate surface area is 129 Å². The lowest BCUT2D eigenvalue weighted by molar-refractivity contribution is -0.286. The Kier molecular flexibility index (Phi) is 3.40. The van der Waals surface area contributed by atoms with Crippen LogP contribution in [0.4, 0.5) is 18.9 Å². The summed E-state index contributed by atoms with van der Waals surface area (Å²) in [6, 6.07) is 7.81. The highest BCUT2D eigenvalue weighted by Crippen LogP contribution is 2.43. The van der Waals surface area contributed by atoms with E-state index < -0.39 is 22.1 Å². The fourth-order valence-corrected chi connectivity index (χ4v) is 2.67. The minimum absolute atomic E-state index is 0.116. The molecular formula is C14H10F3NO4S. The van der Waals surface area contributed by atoms with Crippen LogP contribution in [0.25, 0.3) is 11.1 Å². The lowest BCUT2D eigenvalue weighted by Gasteiger charge is -2.08. The van der Waals surface area contributed by atoms with Crippen LogP contribution in [0.1, 0.15) is 0 Å². The van der Waals surface area contributed by atoms with Gasteiger partial charge in [0.1, 0.15) is 5.82 Å². The Hall–Kier alpha value is -2.42. The molecular weight excluding hydrogens is 335 g/mol. The minimum atomic E-state index is -3.73. The molecule has 5 nitrogen and oxygen atoms in total. The summed E-state index contributed by atoms with van der Waals surface area (Å²) in [6.07, 6.45) is -2.83. The van der Waals surface area contributed by atoms with Crippen molar-refractivity contribution in [2.45, 2.75) is 6.29 Å². The third kappa shape index (κ3) is 3.34. The Morgan fingerprint density at radius 1 is 1.00 bits per heavy atom. The summed E-state index contributed by atoms with van der Waals surface area (Å²) < 4.78 is 72.8. The summed E-state index contributed by atoms with van der Waals surface area (Å²) in [7, 11) is -3.61. The van der Waals surface area contributed by atoms with E-state index in [0.29, 0.717) is 11.1 Å². The van der Waals surface area contributed by atoms with Crippen molar-refractivity contribution in [2.75, 3.05) is 11.0 Å². The first-order chi connectivity index (χ1) is 10.6. The molecule has 23 heavy (non-hydrogen) atoms. The average molecular weight is 345 g/mol. The number of ether oxygens (including phenoxy) is 2. The molecule has 0 unspecified atom stereocenters. The lowest BCUT2D eigenvalue weighted by atomic mass is 10.0. The van der Waals surface area contributed by atoms with Crippen LogP contribution in [0, 0.1) is 5.82 Å². The lowest BCUT2D eigenvalue weighted by Crippen LogP contribution is -2.25. The zero-order valence-corrected chi connectivity index (χ0v) is 12.5. The highest BCUT2D eigenvalue weighted by Gasteiger charge is 2.43. The van der Waals surface area contributed by atoms with Crippen molar-refractivity contribution in [3.63, 3.8) is 0 Å². The molecule has 2 aromatic carbocycles. The topological polar surface area (TPSA) is 64.6 Å². The molecule has 1 aliphatic heterocycles. The summed E-state index contributed by atoms with van der Waals surface area (Å²) in [5, 5.41) is 0. The van der Waals surface area contributed by atoms with Gasteiger partial charge in [-0.15, -0.1) is 8.78 Å². The zero-order valence-electron chi connectivity index (χ0n) is 11.6. The SMILES string of the molecule is CS(=O)(=O)Nc1ccc(-c2ccc3c(c2)OC(F)(F)O3)cc1F. The van der Waals surface area contributed by atoms with Crippen molar-refractivity contribution >= 4 is 15.7 Å². The van der Waals surface area contributed by atoms with Gasteiger partial charge in [0.15, 0.2) is 11.5 Å². The summed E-state index contributed by atoms with van der Waals surface area (Å²) in [4.78, 5) is 0. The van der Waals surface area contributed by atoms with Crippen molar-refractivity contribution in [2.24, 2.45) is 0 Å². The van der Waals surface area contributed by atoms with Crippen molar-refractivity contribution in [3.8, 4) is 22.6 Å². The van der Waals surface area contributed by atoms with Gasteiger partial charge in [0.05, 0.1) is 11.9 Å². The van der Waals surface area contributed by atoms with E-state index in [-0.39, 0.29) is 17.2 Å². The summed E-state index contributed by atoms with van der Waals surface area (Å²) in [6.45, 7) is 0. The Balaban J connectivity index is 1.93. The Morgan fingerprint density at radius 2 is 1.61 bits per heavy atom. The maximum absolute atomic E-state index is 14.0. The van der Waals surface area contributed by atoms with Crippen LogP contribution in [0.5, 0.6) is 11.5 Å². The number of anilines is 1. The van der Waals surface area contributed by atoms with Crippen LogP contribution in [-0.4, -0.2) is 21.0 Å². The smallest absolute Gasteiger partial charge is 0.395 e. The molecule has 0 bridgehead atoms. The predicted octanol–water partition coefficient (Wildman–Crippen LogP) is 3.19. The van der Waals surface area contributed by atoms with E-state index in [9.17, 15) is 21.6 Å². The monoisotopic (exact) mass is 345 g/mol. The maximum Gasteiger partial charge on any atom is 0.586 e. The number of sulfonamides is 1. The van der Waals surface area contributed by atoms with Gasteiger partial charge in [-0.1, -0.05) is 12.1 Å². The first-order valence-corrected chi connectivity index (χ1v) is 8.20. The molecule has 9 heteroatoms. The third-order valence-electron chi connectivity index (χ3n) is 3.00. The van der Waals surface area contributed by atoms with Crippen molar-refractivity contribution < 1.29 is 31.1 Å². The minimum Gasteiger partial charge on any atom is -0.395 e. The van der Waals surface area contributed by atoms with E-state index in [1.165, 1.54) is 30.3 Å². The molecule has 122 valence electrons. The average Bonchev–Trinajstić information content (AvgIpc) is 2.72. The molecule has 1 aliphatic rings. The van der Waals surface area contributed by atoms with Crippen LogP contribution < -0.4 is 14.2 Å². The number of alkyl halides is 2. The number of rotatable bonds is 3. The van der Waals surface area contributed by atoms with Crippen molar-refractivity contribution in [1.82, 2.24) is 0 Å². The van der Waals surface area contributed by atoms with E-state index in [0.717, 1.165) is 12.3 Å². The number of nitrogens with one attached hydrogen (secondary N) is 1. The Morgan fingerprint density at radius 3 is 2.26 bits per heavy atom. The second kappa shape index (κ2) is 5.05. The second-order valence-corrected chi connectivity index (χ2v) is 6.65. The van der Waals surface area contributed by atoms with Gasteiger partial charge in [0, 0.05) is 0 Å². The largest absolute Gasteiger partial charge is 0.586 e. The standard InChI is InChI=1S/C14H10F3NO4S/c1-23(19,20)18-11-4-2-8(6-10(11)15)9-3-5-12-13(7-9)22-14(16,17)21-12/h2-7,18H,1H3. The first kappa shape index (κ1) is 15.5. The van der Waals surface area contributed by atoms with Gasteiger partial charge in [0.2, 0.25) is 10.0 Å². The molecule has 0 fully saturated rings. The normalized spacial score (nSPS) is 15.5. The quantitative estimate of drug-likeness (QED) is 0.928. The van der Waals surface area contributed by atoms with Crippen LogP contribution in [-0.2, 0) is 10.0 Å². The molecule has 1 N–H and O–H groups in total. The maximum atomic E-state index is 14.0. The molecule has 0 radical (unpaired) electrons. The predicted molar refractivity (Wildman–Crippen MR) is 76.5 cm³/mol. The van der Waals surface area contributed by atoms with E-state index in [1.807, 2.05) is 4.72 Å². The molecule has 1 heterocycles. The van der Waals surface area contributed by atoms with Crippen molar-refractivity contribution in [3.05, 3.63) is 42.2 Å². The van der Waals surface area contributed by atoms with Gasteiger partial charge < -0.3 is 9.47 Å². The summed E-state index contributed by atoms with van der Waals surface area (Å²) in [5.41, 5.74) is 0.571. The number of halogens is 3.